The molecular weight excluding hydrogens is 410 g/mol. The summed E-state index contributed by atoms with van der Waals surface area (Å²) in [5.74, 6) is -3.07. The Morgan fingerprint density at radius 1 is 0.719 bits per heavy atom. The molecule has 32 heavy (non-hydrogen) atoms. The predicted molar refractivity (Wildman–Crippen MR) is 121 cm³/mol. The van der Waals surface area contributed by atoms with Crippen molar-refractivity contribution in [2.75, 3.05) is 10.2 Å². The lowest BCUT2D eigenvalue weighted by Crippen LogP contribution is -2.33. The van der Waals surface area contributed by atoms with Crippen LogP contribution >= 0.6 is 0 Å². The van der Waals surface area contributed by atoms with Crippen LogP contribution in [0.5, 0.6) is 0 Å². The van der Waals surface area contributed by atoms with Crippen LogP contribution in [0.3, 0.4) is 0 Å². The van der Waals surface area contributed by atoms with Crippen LogP contribution in [0.2, 0.25) is 0 Å². The maximum absolute atomic E-state index is 13.8. The van der Waals surface area contributed by atoms with Gasteiger partial charge >= 0.3 is 0 Å². The molecule has 1 N–H and O–H groups in total. The number of aryl methyl sites for hydroxylation is 4. The second kappa shape index (κ2) is 8.04. The molecule has 0 saturated carbocycles. The lowest BCUT2D eigenvalue weighted by Gasteiger charge is -2.18. The molecule has 0 aliphatic carbocycles. The van der Waals surface area contributed by atoms with Gasteiger partial charge in [-0.2, -0.15) is 0 Å². The Kier molecular flexibility index (Phi) is 5.38. The van der Waals surface area contributed by atoms with E-state index < -0.39 is 23.4 Å². The maximum Gasteiger partial charge on any atom is 0.282 e. The molecule has 0 bridgehead atoms. The van der Waals surface area contributed by atoms with E-state index in [2.05, 4.69) is 5.32 Å². The normalized spacial score (nSPS) is 13.9. The van der Waals surface area contributed by atoms with Crippen LogP contribution in [0.4, 0.5) is 20.2 Å². The lowest BCUT2D eigenvalue weighted by molar-refractivity contribution is -0.120. The van der Waals surface area contributed by atoms with Gasteiger partial charge in [-0.1, -0.05) is 35.9 Å². The molecule has 4 rings (SSSR count). The Hall–Kier alpha value is -3.80. The molecule has 1 aliphatic heterocycles. The van der Waals surface area contributed by atoms with Gasteiger partial charge in [-0.25, -0.2) is 13.7 Å². The Morgan fingerprint density at radius 3 is 2.09 bits per heavy atom. The average molecular weight is 432 g/mol. The Morgan fingerprint density at radius 2 is 1.41 bits per heavy atom. The zero-order valence-corrected chi connectivity index (χ0v) is 18.2. The Bertz CT molecular complexity index is 1310. The quantitative estimate of drug-likeness (QED) is 0.547. The molecule has 2 amide bonds. The summed E-state index contributed by atoms with van der Waals surface area (Å²) in [6, 6.07) is 14.4. The van der Waals surface area contributed by atoms with Crippen molar-refractivity contribution < 1.29 is 18.4 Å². The first-order chi connectivity index (χ1) is 15.2. The number of anilines is 2. The first kappa shape index (κ1) is 21.4. The van der Waals surface area contributed by atoms with Crippen LogP contribution in [0, 0.1) is 39.3 Å². The van der Waals surface area contributed by atoms with Crippen LogP contribution in [0.15, 0.2) is 60.3 Å². The largest absolute Gasteiger partial charge is 0.350 e. The number of carbonyl (C=O) groups excluding carboxylic acids is 2. The van der Waals surface area contributed by atoms with Gasteiger partial charge < -0.3 is 5.32 Å². The number of hydrogen-bond acceptors (Lipinski definition) is 3. The van der Waals surface area contributed by atoms with Crippen molar-refractivity contribution in [3.05, 3.63) is 99.7 Å². The highest BCUT2D eigenvalue weighted by Crippen LogP contribution is 2.36. The van der Waals surface area contributed by atoms with E-state index in [0.29, 0.717) is 11.3 Å². The van der Waals surface area contributed by atoms with Crippen molar-refractivity contribution in [2.45, 2.75) is 27.7 Å². The summed E-state index contributed by atoms with van der Waals surface area (Å²) in [6.07, 6.45) is 0. The van der Waals surface area contributed by atoms with Crippen molar-refractivity contribution in [3.8, 4) is 0 Å². The summed E-state index contributed by atoms with van der Waals surface area (Å²) in [7, 11) is 0. The van der Waals surface area contributed by atoms with Gasteiger partial charge in [0, 0.05) is 11.8 Å². The summed E-state index contributed by atoms with van der Waals surface area (Å²) in [5.41, 5.74) is 5.00. The second-order valence-corrected chi connectivity index (χ2v) is 8.06. The topological polar surface area (TPSA) is 49.4 Å². The molecule has 1 aliphatic rings. The number of imide groups is 1. The number of rotatable bonds is 4. The minimum Gasteiger partial charge on any atom is -0.350 e. The third-order valence-corrected chi connectivity index (χ3v) is 5.53. The van der Waals surface area contributed by atoms with Crippen LogP contribution in [-0.4, -0.2) is 11.8 Å². The molecule has 0 aromatic heterocycles. The summed E-state index contributed by atoms with van der Waals surface area (Å²) >= 11 is 0. The molecule has 0 radical (unpaired) electrons. The fraction of sp³-hybridized carbons (Fsp3) is 0.154. The van der Waals surface area contributed by atoms with Crippen molar-refractivity contribution in [1.82, 2.24) is 0 Å². The van der Waals surface area contributed by atoms with E-state index in [-0.39, 0.29) is 17.0 Å². The van der Waals surface area contributed by atoms with Gasteiger partial charge in [0.05, 0.1) is 11.3 Å². The Balaban J connectivity index is 1.89. The molecule has 162 valence electrons. The first-order valence-electron chi connectivity index (χ1n) is 10.2. The Labute approximate surface area is 185 Å². The number of nitrogens with zero attached hydrogens (tertiary/aromatic N) is 1. The molecule has 0 spiro atoms. The van der Waals surface area contributed by atoms with Crippen molar-refractivity contribution in [1.29, 1.82) is 0 Å². The van der Waals surface area contributed by atoms with Crippen molar-refractivity contribution in [2.24, 2.45) is 0 Å². The van der Waals surface area contributed by atoms with Gasteiger partial charge in [-0.15, -0.1) is 0 Å². The van der Waals surface area contributed by atoms with E-state index in [1.807, 2.05) is 52.0 Å². The molecule has 4 nitrogen and oxygen atoms in total. The van der Waals surface area contributed by atoms with Gasteiger partial charge in [0.25, 0.3) is 11.8 Å². The van der Waals surface area contributed by atoms with Crippen LogP contribution < -0.4 is 10.2 Å². The molecule has 3 aromatic rings. The average Bonchev–Trinajstić information content (AvgIpc) is 2.96. The zero-order chi connectivity index (χ0) is 23.2. The van der Waals surface area contributed by atoms with Gasteiger partial charge in [0.15, 0.2) is 11.6 Å². The molecule has 0 fully saturated rings. The van der Waals surface area contributed by atoms with Crippen LogP contribution in [-0.2, 0) is 9.59 Å². The summed E-state index contributed by atoms with van der Waals surface area (Å²) in [6.45, 7) is 7.51. The van der Waals surface area contributed by atoms with Gasteiger partial charge in [-0.05, 0) is 68.1 Å². The van der Waals surface area contributed by atoms with E-state index in [0.717, 1.165) is 39.3 Å². The van der Waals surface area contributed by atoms with Gasteiger partial charge in [-0.3, -0.25) is 9.59 Å². The number of halogens is 2. The SMILES string of the molecule is Cc1ccc(C2=C(Nc3ccc(F)c(F)c3)C(=O)N(c3cc(C)ccc3C)C2=O)c(C)c1. The molecule has 6 heteroatoms. The number of hydrogen-bond donors (Lipinski definition) is 1. The standard InChI is InChI=1S/C26H22F2N2O2/c1-14-6-9-19(17(4)11-14)23-24(29-18-8-10-20(27)21(28)13-18)26(32)30(25(23)31)22-12-15(2)5-7-16(22)3/h5-13,29H,1-4H3. The fourth-order valence-corrected chi connectivity index (χ4v) is 3.89. The molecule has 3 aromatic carbocycles. The number of nitrogens with one attached hydrogen (secondary N) is 1. The summed E-state index contributed by atoms with van der Waals surface area (Å²) in [4.78, 5) is 28.3. The van der Waals surface area contributed by atoms with Crippen molar-refractivity contribution in [3.63, 3.8) is 0 Å². The van der Waals surface area contributed by atoms with E-state index in [9.17, 15) is 18.4 Å². The summed E-state index contributed by atoms with van der Waals surface area (Å²) < 4.78 is 27.2. The smallest absolute Gasteiger partial charge is 0.282 e. The molecule has 1 heterocycles. The van der Waals surface area contributed by atoms with E-state index in [4.69, 9.17) is 0 Å². The van der Waals surface area contributed by atoms with Crippen LogP contribution in [0.1, 0.15) is 27.8 Å². The first-order valence-corrected chi connectivity index (χ1v) is 10.2. The molecular formula is C26H22F2N2O2. The zero-order valence-electron chi connectivity index (χ0n) is 18.2. The predicted octanol–water partition coefficient (Wildman–Crippen LogP) is 5.60. The third kappa shape index (κ3) is 3.68. The molecule has 0 saturated heterocycles. The van der Waals surface area contributed by atoms with E-state index >= 15 is 0 Å². The number of carbonyl (C=O) groups is 2. The van der Waals surface area contributed by atoms with E-state index in [1.54, 1.807) is 12.1 Å². The minimum absolute atomic E-state index is 0.0221. The monoisotopic (exact) mass is 432 g/mol. The highest BCUT2D eigenvalue weighted by atomic mass is 19.2. The lowest BCUT2D eigenvalue weighted by atomic mass is 9.97. The highest BCUT2D eigenvalue weighted by molar-refractivity contribution is 6.46. The second-order valence-electron chi connectivity index (χ2n) is 8.06. The van der Waals surface area contributed by atoms with E-state index in [1.165, 1.54) is 6.07 Å². The number of benzene rings is 3. The molecule has 0 atom stereocenters. The van der Waals surface area contributed by atoms with Gasteiger partial charge in [0.2, 0.25) is 0 Å². The maximum atomic E-state index is 13.8. The van der Waals surface area contributed by atoms with Crippen molar-refractivity contribution >= 4 is 28.8 Å². The molecule has 0 unspecified atom stereocenters. The van der Waals surface area contributed by atoms with Gasteiger partial charge in [0.1, 0.15) is 5.70 Å². The summed E-state index contributed by atoms with van der Waals surface area (Å²) in [5, 5.41) is 2.87. The third-order valence-electron chi connectivity index (χ3n) is 5.53. The van der Waals surface area contributed by atoms with Crippen LogP contribution in [0.25, 0.3) is 5.57 Å². The number of amides is 2. The highest BCUT2D eigenvalue weighted by Gasteiger charge is 2.41. The fourth-order valence-electron chi connectivity index (χ4n) is 3.89. The minimum atomic E-state index is -1.05.